The highest BCUT2D eigenvalue weighted by Gasteiger charge is 2.31. The molecule has 0 spiro atoms. The lowest BCUT2D eigenvalue weighted by atomic mass is 9.98. The van der Waals surface area contributed by atoms with Crippen LogP contribution in [0.5, 0.6) is 0 Å². The van der Waals surface area contributed by atoms with Gasteiger partial charge in [-0.15, -0.1) is 0 Å². The predicted octanol–water partition coefficient (Wildman–Crippen LogP) is 4.03. The molecular formula is C27H34N2O6. The maximum absolute atomic E-state index is 13.3. The van der Waals surface area contributed by atoms with Crippen molar-refractivity contribution in [2.75, 3.05) is 26.9 Å². The Balaban J connectivity index is 1.71. The van der Waals surface area contributed by atoms with Crippen molar-refractivity contribution in [3.8, 4) is 11.1 Å². The highest BCUT2D eigenvalue weighted by Crippen LogP contribution is 2.44. The molecule has 0 fully saturated rings. The Morgan fingerprint density at radius 1 is 1.06 bits per heavy atom. The fourth-order valence-electron chi connectivity index (χ4n) is 4.47. The molecule has 188 valence electrons. The normalized spacial score (nSPS) is 13.9. The number of ether oxygens (including phenoxy) is 2. The van der Waals surface area contributed by atoms with Crippen molar-refractivity contribution in [2.45, 2.75) is 51.1 Å². The molecule has 2 N–H and O–H groups in total. The quantitative estimate of drug-likeness (QED) is 0.473. The first-order chi connectivity index (χ1) is 16.9. The zero-order valence-electron chi connectivity index (χ0n) is 20.5. The third-order valence-electron chi connectivity index (χ3n) is 6.52. The number of carboxylic acid groups (broad SMARTS) is 1. The van der Waals surface area contributed by atoms with Crippen molar-refractivity contribution in [3.05, 3.63) is 59.7 Å². The molecular weight excluding hydrogens is 448 g/mol. The number of alkyl carbamates (subject to hydrolysis) is 1. The molecule has 3 rings (SSSR count). The first kappa shape index (κ1) is 26.2. The standard InChI is InChI=1S/C27H34N2O6/c1-4-18(2)29(15-16-34-3)26(32)24(13-14-25(30)31)28-27(33)35-17-23-21-11-7-5-9-19(21)20-10-6-8-12-22(20)23/h5-12,18,23-24H,4,13-17H2,1-3H3,(H,28,33)(H,30,31). The molecule has 8 heteroatoms. The molecule has 0 heterocycles. The fourth-order valence-corrected chi connectivity index (χ4v) is 4.47. The summed E-state index contributed by atoms with van der Waals surface area (Å²) < 4.78 is 10.7. The van der Waals surface area contributed by atoms with Gasteiger partial charge in [-0.3, -0.25) is 9.59 Å². The molecule has 0 aromatic heterocycles. The second-order valence-corrected chi connectivity index (χ2v) is 8.74. The lowest BCUT2D eigenvalue weighted by Crippen LogP contribution is -2.52. The van der Waals surface area contributed by atoms with Crippen molar-refractivity contribution in [1.82, 2.24) is 10.2 Å². The van der Waals surface area contributed by atoms with Crippen LogP contribution in [0.3, 0.4) is 0 Å². The first-order valence-corrected chi connectivity index (χ1v) is 12.0. The van der Waals surface area contributed by atoms with Crippen LogP contribution in [0.4, 0.5) is 4.79 Å². The molecule has 8 nitrogen and oxygen atoms in total. The van der Waals surface area contributed by atoms with E-state index in [1.165, 1.54) is 0 Å². The monoisotopic (exact) mass is 482 g/mol. The van der Waals surface area contributed by atoms with Crippen molar-refractivity contribution >= 4 is 18.0 Å². The van der Waals surface area contributed by atoms with Gasteiger partial charge in [0, 0.05) is 32.0 Å². The van der Waals surface area contributed by atoms with E-state index >= 15 is 0 Å². The van der Waals surface area contributed by atoms with Gasteiger partial charge < -0.3 is 24.8 Å². The minimum absolute atomic E-state index is 0.0295. The number of carbonyl (C=O) groups excluding carboxylic acids is 2. The number of methoxy groups -OCH3 is 1. The molecule has 0 bridgehead atoms. The van der Waals surface area contributed by atoms with Gasteiger partial charge in [0.25, 0.3) is 0 Å². The molecule has 2 amide bonds. The minimum atomic E-state index is -1.04. The number of carboxylic acids is 1. The van der Waals surface area contributed by atoms with Gasteiger partial charge in [-0.2, -0.15) is 0 Å². The summed E-state index contributed by atoms with van der Waals surface area (Å²) in [5.41, 5.74) is 4.41. The second kappa shape index (κ2) is 12.4. The molecule has 2 unspecified atom stereocenters. The van der Waals surface area contributed by atoms with Gasteiger partial charge in [0.2, 0.25) is 5.91 Å². The smallest absolute Gasteiger partial charge is 0.407 e. The van der Waals surface area contributed by atoms with Gasteiger partial charge in [-0.25, -0.2) is 4.79 Å². The van der Waals surface area contributed by atoms with Crippen LogP contribution in [0.15, 0.2) is 48.5 Å². The van der Waals surface area contributed by atoms with E-state index in [0.717, 1.165) is 22.3 Å². The van der Waals surface area contributed by atoms with Crippen LogP contribution in [0.2, 0.25) is 0 Å². The maximum Gasteiger partial charge on any atom is 0.407 e. The summed E-state index contributed by atoms with van der Waals surface area (Å²) in [6, 6.07) is 15.0. The van der Waals surface area contributed by atoms with E-state index in [1.54, 1.807) is 12.0 Å². The highest BCUT2D eigenvalue weighted by molar-refractivity contribution is 5.86. The third-order valence-corrected chi connectivity index (χ3v) is 6.52. The van der Waals surface area contributed by atoms with Crippen LogP contribution >= 0.6 is 0 Å². The van der Waals surface area contributed by atoms with Gasteiger partial charge in [0.1, 0.15) is 12.6 Å². The Kier molecular flexibility index (Phi) is 9.25. The third kappa shape index (κ3) is 6.39. The summed E-state index contributed by atoms with van der Waals surface area (Å²) in [5.74, 6) is -1.49. The maximum atomic E-state index is 13.3. The van der Waals surface area contributed by atoms with E-state index in [-0.39, 0.29) is 37.3 Å². The van der Waals surface area contributed by atoms with Gasteiger partial charge in [-0.05, 0) is 42.0 Å². The van der Waals surface area contributed by atoms with Gasteiger partial charge in [-0.1, -0.05) is 55.5 Å². The number of nitrogens with one attached hydrogen (secondary N) is 1. The number of carbonyl (C=O) groups is 3. The highest BCUT2D eigenvalue weighted by atomic mass is 16.5. The zero-order valence-corrected chi connectivity index (χ0v) is 20.5. The molecule has 0 saturated heterocycles. The average Bonchev–Trinajstić information content (AvgIpc) is 3.18. The number of hydrogen-bond donors (Lipinski definition) is 2. The Bertz CT molecular complexity index is 994. The molecule has 0 radical (unpaired) electrons. The van der Waals surface area contributed by atoms with Crippen LogP contribution in [-0.4, -0.2) is 66.9 Å². The van der Waals surface area contributed by atoms with E-state index in [1.807, 2.05) is 50.2 Å². The van der Waals surface area contributed by atoms with Crippen molar-refractivity contribution < 1.29 is 29.0 Å². The fraction of sp³-hybridized carbons (Fsp3) is 0.444. The Morgan fingerprint density at radius 2 is 1.66 bits per heavy atom. The van der Waals surface area contributed by atoms with Gasteiger partial charge in [0.15, 0.2) is 0 Å². The molecule has 1 aliphatic rings. The Hall–Kier alpha value is -3.39. The number of benzene rings is 2. The lowest BCUT2D eigenvalue weighted by molar-refractivity contribution is -0.138. The number of nitrogens with zero attached hydrogens (tertiary/aromatic N) is 1. The van der Waals surface area contributed by atoms with Crippen LogP contribution in [0, 0.1) is 0 Å². The minimum Gasteiger partial charge on any atom is -0.481 e. The molecule has 1 aliphatic carbocycles. The molecule has 2 aromatic rings. The Labute approximate surface area is 206 Å². The van der Waals surface area contributed by atoms with Crippen LogP contribution < -0.4 is 5.32 Å². The SMILES string of the molecule is CCC(C)N(CCOC)C(=O)C(CCC(=O)O)NC(=O)OCC1c2ccccc2-c2ccccc21. The molecule has 35 heavy (non-hydrogen) atoms. The van der Waals surface area contributed by atoms with E-state index in [9.17, 15) is 14.4 Å². The Morgan fingerprint density at radius 3 is 2.20 bits per heavy atom. The summed E-state index contributed by atoms with van der Waals surface area (Å²) in [7, 11) is 1.55. The zero-order chi connectivity index (χ0) is 25.4. The van der Waals surface area contributed by atoms with Gasteiger partial charge in [0.05, 0.1) is 6.61 Å². The van der Waals surface area contributed by atoms with Crippen molar-refractivity contribution in [3.63, 3.8) is 0 Å². The summed E-state index contributed by atoms with van der Waals surface area (Å²) in [6.07, 6.45) is -0.310. The number of rotatable bonds is 12. The summed E-state index contributed by atoms with van der Waals surface area (Å²) in [5, 5.41) is 11.8. The van der Waals surface area contributed by atoms with E-state index < -0.39 is 18.1 Å². The molecule has 0 saturated carbocycles. The second-order valence-electron chi connectivity index (χ2n) is 8.74. The number of aliphatic carboxylic acids is 1. The average molecular weight is 483 g/mol. The number of hydrogen-bond acceptors (Lipinski definition) is 5. The topological polar surface area (TPSA) is 105 Å². The largest absolute Gasteiger partial charge is 0.481 e. The van der Waals surface area contributed by atoms with Crippen LogP contribution in [-0.2, 0) is 19.1 Å². The molecule has 2 atom stereocenters. The van der Waals surface area contributed by atoms with E-state index in [2.05, 4.69) is 17.4 Å². The first-order valence-electron chi connectivity index (χ1n) is 12.0. The van der Waals surface area contributed by atoms with Crippen molar-refractivity contribution in [1.29, 1.82) is 0 Å². The van der Waals surface area contributed by atoms with Crippen LogP contribution in [0.1, 0.15) is 50.2 Å². The van der Waals surface area contributed by atoms with E-state index in [0.29, 0.717) is 19.6 Å². The van der Waals surface area contributed by atoms with Gasteiger partial charge >= 0.3 is 12.1 Å². The van der Waals surface area contributed by atoms with Crippen LogP contribution in [0.25, 0.3) is 11.1 Å². The lowest BCUT2D eigenvalue weighted by Gasteiger charge is -2.32. The molecule has 0 aliphatic heterocycles. The van der Waals surface area contributed by atoms with E-state index in [4.69, 9.17) is 14.6 Å². The summed E-state index contributed by atoms with van der Waals surface area (Å²) >= 11 is 0. The number of amides is 2. The van der Waals surface area contributed by atoms with Crippen molar-refractivity contribution in [2.24, 2.45) is 0 Å². The summed E-state index contributed by atoms with van der Waals surface area (Å²) in [4.78, 5) is 38.9. The molecule has 2 aromatic carbocycles. The predicted molar refractivity (Wildman–Crippen MR) is 132 cm³/mol. The number of fused-ring (bicyclic) bond motifs is 3. The summed E-state index contributed by atoms with van der Waals surface area (Å²) in [6.45, 7) is 4.67.